The highest BCUT2D eigenvalue weighted by atomic mass is 16.3. The number of carbonyl (C=O) groups excluding carboxylic acids is 2. The number of aryl methyl sites for hydroxylation is 1. The van der Waals surface area contributed by atoms with Gasteiger partial charge in [-0.05, 0) is 44.7 Å². The van der Waals surface area contributed by atoms with E-state index in [1.807, 2.05) is 30.9 Å². The van der Waals surface area contributed by atoms with E-state index in [0.717, 1.165) is 31.5 Å². The number of aliphatic hydroxyl groups is 1. The minimum absolute atomic E-state index is 0.0403. The second-order valence-corrected chi connectivity index (χ2v) is 6.65. The van der Waals surface area contributed by atoms with Gasteiger partial charge >= 0.3 is 6.03 Å². The zero-order valence-corrected chi connectivity index (χ0v) is 14.7. The highest BCUT2D eigenvalue weighted by Gasteiger charge is 2.24. The van der Waals surface area contributed by atoms with Gasteiger partial charge in [0.1, 0.15) is 0 Å². The van der Waals surface area contributed by atoms with Crippen molar-refractivity contribution < 1.29 is 14.7 Å². The molecule has 1 aromatic rings. The molecule has 0 aliphatic carbocycles. The quantitative estimate of drug-likeness (QED) is 0.774. The monoisotopic (exact) mass is 333 g/mol. The number of amides is 3. The molecule has 1 heterocycles. The average molecular weight is 333 g/mol. The summed E-state index contributed by atoms with van der Waals surface area (Å²) in [4.78, 5) is 26.7. The number of urea groups is 1. The van der Waals surface area contributed by atoms with Crippen LogP contribution in [-0.2, 0) is 0 Å². The Balaban J connectivity index is 2.11. The molecule has 1 atom stereocenters. The van der Waals surface area contributed by atoms with E-state index < -0.39 is 11.6 Å². The van der Waals surface area contributed by atoms with Crippen LogP contribution in [0.3, 0.4) is 0 Å². The summed E-state index contributed by atoms with van der Waals surface area (Å²) >= 11 is 0. The number of hydrogen-bond acceptors (Lipinski definition) is 3. The van der Waals surface area contributed by atoms with Crippen molar-refractivity contribution in [2.24, 2.45) is 0 Å². The minimum atomic E-state index is -0.946. The van der Waals surface area contributed by atoms with E-state index in [0.29, 0.717) is 17.7 Å². The molecule has 0 aromatic heterocycles. The minimum Gasteiger partial charge on any atom is -0.388 e. The van der Waals surface area contributed by atoms with Crippen molar-refractivity contribution in [2.45, 2.75) is 45.6 Å². The highest BCUT2D eigenvalue weighted by Crippen LogP contribution is 2.23. The largest absolute Gasteiger partial charge is 0.388 e. The summed E-state index contributed by atoms with van der Waals surface area (Å²) in [5.74, 6) is -0.0403. The van der Waals surface area contributed by atoms with Crippen LogP contribution in [0.15, 0.2) is 18.2 Å². The Morgan fingerprint density at radius 3 is 2.58 bits per heavy atom. The zero-order chi connectivity index (χ0) is 17.7. The SMILES string of the molecule is CC[C@](C)(O)CNC(=O)Nc1cccc(C)c1C(=O)N1CCCC1. The number of nitrogens with one attached hydrogen (secondary N) is 2. The number of anilines is 1. The maximum atomic E-state index is 12.7. The summed E-state index contributed by atoms with van der Waals surface area (Å²) in [6.45, 7) is 7.07. The maximum absolute atomic E-state index is 12.7. The molecule has 0 spiro atoms. The summed E-state index contributed by atoms with van der Waals surface area (Å²) < 4.78 is 0. The summed E-state index contributed by atoms with van der Waals surface area (Å²) in [7, 11) is 0. The van der Waals surface area contributed by atoms with Gasteiger partial charge in [-0.3, -0.25) is 4.79 Å². The lowest BCUT2D eigenvalue weighted by Crippen LogP contribution is -2.42. The standard InChI is InChI=1S/C18H27N3O3/c1-4-18(3,24)12-19-17(23)20-14-9-7-8-13(2)15(14)16(22)21-10-5-6-11-21/h7-9,24H,4-6,10-12H2,1-3H3,(H2,19,20,23)/t18-/m0/s1. The first kappa shape index (κ1) is 18.3. The molecule has 3 N–H and O–H groups in total. The summed E-state index contributed by atoms with van der Waals surface area (Å²) in [6, 6.07) is 4.99. The lowest BCUT2D eigenvalue weighted by molar-refractivity contribution is 0.0587. The van der Waals surface area contributed by atoms with Crippen LogP contribution in [0.1, 0.15) is 49.0 Å². The Morgan fingerprint density at radius 1 is 1.29 bits per heavy atom. The Bertz CT molecular complexity index is 608. The summed E-state index contributed by atoms with van der Waals surface area (Å²) in [5, 5.41) is 15.4. The molecular weight excluding hydrogens is 306 g/mol. The number of hydrogen-bond donors (Lipinski definition) is 3. The number of rotatable bonds is 5. The van der Waals surface area contributed by atoms with Crippen molar-refractivity contribution in [2.75, 3.05) is 25.0 Å². The van der Waals surface area contributed by atoms with Crippen LogP contribution >= 0.6 is 0 Å². The van der Waals surface area contributed by atoms with Crippen LogP contribution in [0.5, 0.6) is 0 Å². The zero-order valence-electron chi connectivity index (χ0n) is 14.7. The first-order chi connectivity index (χ1) is 11.3. The number of carbonyl (C=O) groups is 2. The lowest BCUT2D eigenvalue weighted by Gasteiger charge is -2.23. The third-order valence-electron chi connectivity index (χ3n) is 4.52. The van der Waals surface area contributed by atoms with Crippen molar-refractivity contribution in [3.8, 4) is 0 Å². The topological polar surface area (TPSA) is 81.7 Å². The second kappa shape index (κ2) is 7.66. The van der Waals surface area contributed by atoms with E-state index in [-0.39, 0.29) is 12.5 Å². The molecule has 24 heavy (non-hydrogen) atoms. The average Bonchev–Trinajstić information content (AvgIpc) is 3.07. The number of benzene rings is 1. The van der Waals surface area contributed by atoms with Crippen molar-refractivity contribution in [3.63, 3.8) is 0 Å². The fraction of sp³-hybridized carbons (Fsp3) is 0.556. The predicted molar refractivity (Wildman–Crippen MR) is 94.3 cm³/mol. The summed E-state index contributed by atoms with van der Waals surface area (Å²) in [5.41, 5.74) is 0.931. The van der Waals surface area contributed by atoms with Gasteiger partial charge in [0.2, 0.25) is 0 Å². The fourth-order valence-electron chi connectivity index (χ4n) is 2.70. The van der Waals surface area contributed by atoms with Gasteiger partial charge in [0.05, 0.1) is 16.9 Å². The number of nitrogens with zero attached hydrogens (tertiary/aromatic N) is 1. The Hall–Kier alpha value is -2.08. The molecule has 0 saturated carbocycles. The molecule has 0 unspecified atom stereocenters. The van der Waals surface area contributed by atoms with Crippen LogP contribution < -0.4 is 10.6 Å². The van der Waals surface area contributed by atoms with Gasteiger partial charge in [0.25, 0.3) is 5.91 Å². The first-order valence-corrected chi connectivity index (χ1v) is 8.50. The van der Waals surface area contributed by atoms with Crippen LogP contribution in [0, 0.1) is 6.92 Å². The van der Waals surface area contributed by atoms with Crippen LogP contribution in [0.4, 0.5) is 10.5 Å². The molecule has 0 radical (unpaired) electrons. The molecule has 1 aromatic carbocycles. The fourth-order valence-corrected chi connectivity index (χ4v) is 2.70. The molecule has 3 amide bonds. The Kier molecular flexibility index (Phi) is 5.83. The second-order valence-electron chi connectivity index (χ2n) is 6.65. The van der Waals surface area contributed by atoms with Gasteiger partial charge < -0.3 is 20.6 Å². The van der Waals surface area contributed by atoms with Gasteiger partial charge in [-0.1, -0.05) is 19.1 Å². The normalized spacial score (nSPS) is 16.6. The number of likely N-dealkylation sites (tertiary alicyclic amines) is 1. The van der Waals surface area contributed by atoms with Crippen molar-refractivity contribution in [1.82, 2.24) is 10.2 Å². The van der Waals surface area contributed by atoms with Crippen molar-refractivity contribution >= 4 is 17.6 Å². The molecular formula is C18H27N3O3. The predicted octanol–water partition coefficient (Wildman–Crippen LogP) is 2.51. The molecule has 6 nitrogen and oxygen atoms in total. The third kappa shape index (κ3) is 4.47. The molecule has 1 saturated heterocycles. The lowest BCUT2D eigenvalue weighted by atomic mass is 10.0. The molecule has 0 bridgehead atoms. The van der Waals surface area contributed by atoms with E-state index in [2.05, 4.69) is 10.6 Å². The molecule has 2 rings (SSSR count). The van der Waals surface area contributed by atoms with E-state index in [9.17, 15) is 14.7 Å². The van der Waals surface area contributed by atoms with Gasteiger partial charge in [-0.2, -0.15) is 0 Å². The van der Waals surface area contributed by atoms with Crippen LogP contribution in [-0.4, -0.2) is 47.2 Å². The van der Waals surface area contributed by atoms with Gasteiger partial charge in [-0.15, -0.1) is 0 Å². The van der Waals surface area contributed by atoms with E-state index in [1.165, 1.54) is 0 Å². The third-order valence-corrected chi connectivity index (χ3v) is 4.52. The van der Waals surface area contributed by atoms with Gasteiger partial charge in [-0.25, -0.2) is 4.79 Å². The maximum Gasteiger partial charge on any atom is 0.319 e. The van der Waals surface area contributed by atoms with Gasteiger partial charge in [0, 0.05) is 19.6 Å². The van der Waals surface area contributed by atoms with E-state index >= 15 is 0 Å². The molecule has 1 fully saturated rings. The van der Waals surface area contributed by atoms with Crippen molar-refractivity contribution in [3.05, 3.63) is 29.3 Å². The van der Waals surface area contributed by atoms with E-state index in [4.69, 9.17) is 0 Å². The Morgan fingerprint density at radius 2 is 1.96 bits per heavy atom. The van der Waals surface area contributed by atoms with Crippen molar-refractivity contribution in [1.29, 1.82) is 0 Å². The highest BCUT2D eigenvalue weighted by molar-refractivity contribution is 6.04. The molecule has 1 aliphatic heterocycles. The van der Waals surface area contributed by atoms with Crippen LogP contribution in [0.2, 0.25) is 0 Å². The smallest absolute Gasteiger partial charge is 0.319 e. The summed E-state index contributed by atoms with van der Waals surface area (Å²) in [6.07, 6.45) is 2.58. The molecule has 132 valence electrons. The molecule has 1 aliphatic rings. The van der Waals surface area contributed by atoms with Gasteiger partial charge in [0.15, 0.2) is 0 Å². The molecule has 6 heteroatoms. The first-order valence-electron chi connectivity index (χ1n) is 8.50. The Labute approximate surface area is 143 Å². The van der Waals surface area contributed by atoms with E-state index in [1.54, 1.807) is 13.0 Å². The van der Waals surface area contributed by atoms with Crippen LogP contribution in [0.25, 0.3) is 0 Å².